The largest absolute Gasteiger partial charge is 0.352 e. The van der Waals surface area contributed by atoms with E-state index in [1.807, 2.05) is 0 Å². The van der Waals surface area contributed by atoms with Crippen LogP contribution in [0.5, 0.6) is 0 Å². The lowest BCUT2D eigenvalue weighted by atomic mass is 9.71. The van der Waals surface area contributed by atoms with Gasteiger partial charge in [0.15, 0.2) is 0 Å². The zero-order valence-corrected chi connectivity index (χ0v) is 18.8. The van der Waals surface area contributed by atoms with E-state index in [1.165, 1.54) is 69.8 Å². The predicted molar refractivity (Wildman–Crippen MR) is 119 cm³/mol. The van der Waals surface area contributed by atoms with Crippen molar-refractivity contribution < 1.29 is 4.79 Å². The summed E-state index contributed by atoms with van der Waals surface area (Å²) in [6, 6.07) is 0. The van der Waals surface area contributed by atoms with Gasteiger partial charge in [-0.3, -0.25) is 4.79 Å². The fraction of sp³-hybridized carbons (Fsp3) is 0.731. The molecule has 0 radical (unpaired) electrons. The van der Waals surface area contributed by atoms with Gasteiger partial charge in [-0.2, -0.15) is 0 Å². The van der Waals surface area contributed by atoms with Crippen molar-refractivity contribution in [2.45, 2.75) is 111 Å². The molecule has 156 valence electrons. The van der Waals surface area contributed by atoms with Crippen LogP contribution in [0.1, 0.15) is 111 Å². The first-order chi connectivity index (χ1) is 13.5. The molecule has 1 N–H and O–H groups in total. The molecule has 0 aromatic rings. The summed E-state index contributed by atoms with van der Waals surface area (Å²) in [4.78, 5) is 12.7. The van der Waals surface area contributed by atoms with Crippen molar-refractivity contribution in [3.05, 3.63) is 33.4 Å². The minimum Gasteiger partial charge on any atom is -0.352 e. The lowest BCUT2D eigenvalue weighted by molar-refractivity contribution is -0.117. The van der Waals surface area contributed by atoms with Crippen LogP contribution in [0.4, 0.5) is 0 Å². The molecular weight excluding hydrogens is 342 g/mol. The molecule has 0 saturated carbocycles. The summed E-state index contributed by atoms with van der Waals surface area (Å²) in [5.41, 5.74) is 9.51. The number of carbonyl (C=O) groups excluding carboxylic acids is 1. The molecule has 2 nitrogen and oxygen atoms in total. The molecule has 0 fully saturated rings. The zero-order chi connectivity index (χ0) is 20.1. The Bertz CT molecular complexity index is 693. The van der Waals surface area contributed by atoms with Crippen molar-refractivity contribution >= 4 is 5.91 Å². The van der Waals surface area contributed by atoms with Gasteiger partial charge in [0.1, 0.15) is 0 Å². The second kappa shape index (κ2) is 9.46. The van der Waals surface area contributed by atoms with Crippen LogP contribution in [0.2, 0.25) is 0 Å². The summed E-state index contributed by atoms with van der Waals surface area (Å²) in [7, 11) is 0. The number of nitrogens with one attached hydrogen (secondary N) is 1. The van der Waals surface area contributed by atoms with E-state index in [9.17, 15) is 4.79 Å². The van der Waals surface area contributed by atoms with Crippen LogP contribution in [0.25, 0.3) is 0 Å². The molecule has 0 aliphatic heterocycles. The van der Waals surface area contributed by atoms with Gasteiger partial charge in [-0.05, 0) is 101 Å². The Morgan fingerprint density at radius 2 is 1.75 bits per heavy atom. The average Bonchev–Trinajstić information content (AvgIpc) is 3.04. The Kier molecular flexibility index (Phi) is 7.23. The first-order valence-electron chi connectivity index (χ1n) is 11.9. The maximum Gasteiger partial charge on any atom is 0.247 e. The van der Waals surface area contributed by atoms with Crippen LogP contribution in [0.3, 0.4) is 0 Å². The Balaban J connectivity index is 1.70. The zero-order valence-electron chi connectivity index (χ0n) is 18.8. The van der Waals surface area contributed by atoms with Gasteiger partial charge in [-0.15, -0.1) is 0 Å². The minimum absolute atomic E-state index is 0.209. The second-order valence-electron chi connectivity index (χ2n) is 9.44. The Morgan fingerprint density at radius 3 is 2.46 bits per heavy atom. The Morgan fingerprint density at radius 1 is 0.964 bits per heavy atom. The lowest BCUT2D eigenvalue weighted by Gasteiger charge is -2.35. The highest BCUT2D eigenvalue weighted by Gasteiger charge is 2.41. The SMILES string of the molecule is CCCC1=C(C)C2=C(CC1)C(CCC)(CCNC(=O)C1=C(C)CCCC1)CC2. The molecule has 3 aliphatic carbocycles. The molecule has 0 saturated heterocycles. The van der Waals surface area contributed by atoms with E-state index >= 15 is 0 Å². The number of hydrogen-bond acceptors (Lipinski definition) is 1. The van der Waals surface area contributed by atoms with Gasteiger partial charge in [-0.25, -0.2) is 0 Å². The van der Waals surface area contributed by atoms with Crippen LogP contribution >= 0.6 is 0 Å². The average molecular weight is 384 g/mol. The first kappa shape index (κ1) is 21.4. The van der Waals surface area contributed by atoms with E-state index < -0.39 is 0 Å². The summed E-state index contributed by atoms with van der Waals surface area (Å²) in [5.74, 6) is 0.209. The molecule has 28 heavy (non-hydrogen) atoms. The molecule has 1 atom stereocenters. The fourth-order valence-corrected chi connectivity index (χ4v) is 6.15. The monoisotopic (exact) mass is 383 g/mol. The number of allylic oxidation sites excluding steroid dienone is 5. The van der Waals surface area contributed by atoms with Gasteiger partial charge < -0.3 is 5.32 Å². The van der Waals surface area contributed by atoms with Gasteiger partial charge in [0.05, 0.1) is 0 Å². The number of rotatable bonds is 8. The van der Waals surface area contributed by atoms with Gasteiger partial charge in [0.25, 0.3) is 0 Å². The lowest BCUT2D eigenvalue weighted by Crippen LogP contribution is -2.32. The number of carbonyl (C=O) groups is 1. The van der Waals surface area contributed by atoms with Crippen molar-refractivity contribution in [3.63, 3.8) is 0 Å². The van der Waals surface area contributed by atoms with Crippen molar-refractivity contribution in [2.24, 2.45) is 5.41 Å². The summed E-state index contributed by atoms with van der Waals surface area (Å²) in [6.45, 7) is 9.97. The maximum atomic E-state index is 12.7. The second-order valence-corrected chi connectivity index (χ2v) is 9.44. The van der Waals surface area contributed by atoms with Crippen LogP contribution < -0.4 is 5.32 Å². The van der Waals surface area contributed by atoms with Crippen molar-refractivity contribution in [2.75, 3.05) is 6.54 Å². The molecule has 2 heteroatoms. The third-order valence-corrected chi connectivity index (χ3v) is 7.71. The van der Waals surface area contributed by atoms with Crippen LogP contribution in [-0.2, 0) is 4.79 Å². The van der Waals surface area contributed by atoms with E-state index in [0.717, 1.165) is 31.4 Å². The van der Waals surface area contributed by atoms with E-state index in [0.29, 0.717) is 5.41 Å². The smallest absolute Gasteiger partial charge is 0.247 e. The summed E-state index contributed by atoms with van der Waals surface area (Å²) in [5, 5.41) is 3.30. The summed E-state index contributed by atoms with van der Waals surface area (Å²) < 4.78 is 0. The van der Waals surface area contributed by atoms with Crippen LogP contribution in [0.15, 0.2) is 33.4 Å². The number of hydrogen-bond donors (Lipinski definition) is 1. The van der Waals surface area contributed by atoms with Gasteiger partial charge in [0, 0.05) is 12.1 Å². The molecular formula is C26H41NO. The quantitative estimate of drug-likeness (QED) is 0.473. The summed E-state index contributed by atoms with van der Waals surface area (Å²) >= 11 is 0. The molecule has 1 unspecified atom stereocenters. The van der Waals surface area contributed by atoms with Crippen molar-refractivity contribution in [1.82, 2.24) is 5.32 Å². The molecule has 0 spiro atoms. The molecule has 3 aliphatic rings. The van der Waals surface area contributed by atoms with Crippen molar-refractivity contribution in [1.29, 1.82) is 0 Å². The van der Waals surface area contributed by atoms with E-state index in [2.05, 4.69) is 33.0 Å². The predicted octanol–water partition coefficient (Wildman–Crippen LogP) is 7.17. The maximum absolute atomic E-state index is 12.7. The van der Waals surface area contributed by atoms with Crippen LogP contribution in [0, 0.1) is 5.41 Å². The first-order valence-corrected chi connectivity index (χ1v) is 11.9. The summed E-state index contributed by atoms with van der Waals surface area (Å²) in [6.07, 6.45) is 15.7. The van der Waals surface area contributed by atoms with E-state index in [1.54, 1.807) is 22.3 Å². The van der Waals surface area contributed by atoms with Gasteiger partial charge in [-0.1, -0.05) is 43.4 Å². The molecule has 3 rings (SSSR count). The highest BCUT2D eigenvalue weighted by molar-refractivity contribution is 5.94. The fourth-order valence-electron chi connectivity index (χ4n) is 6.15. The van der Waals surface area contributed by atoms with Gasteiger partial charge in [0.2, 0.25) is 5.91 Å². The molecule has 0 bridgehead atoms. The van der Waals surface area contributed by atoms with Gasteiger partial charge >= 0.3 is 0 Å². The third kappa shape index (κ3) is 4.31. The normalized spacial score (nSPS) is 25.4. The highest BCUT2D eigenvalue weighted by Crippen LogP contribution is 2.55. The molecule has 1 amide bonds. The standard InChI is InChI=1S/C26H41NO/c1-5-9-21-12-13-24-23(20(21)4)14-16-26(24,15-6-2)17-18-27-25(28)22-11-8-7-10-19(22)3/h5-18H2,1-4H3,(H,27,28). The molecule has 0 aromatic carbocycles. The topological polar surface area (TPSA) is 29.1 Å². The van der Waals surface area contributed by atoms with Crippen molar-refractivity contribution in [3.8, 4) is 0 Å². The van der Waals surface area contributed by atoms with E-state index in [4.69, 9.17) is 0 Å². The van der Waals surface area contributed by atoms with Crippen LogP contribution in [-0.4, -0.2) is 12.5 Å². The Hall–Kier alpha value is -1.31. The highest BCUT2D eigenvalue weighted by atomic mass is 16.1. The van der Waals surface area contributed by atoms with E-state index in [-0.39, 0.29) is 5.91 Å². The number of amides is 1. The Labute approximate surface area is 172 Å². The molecule has 0 aromatic heterocycles. The third-order valence-electron chi connectivity index (χ3n) is 7.71. The minimum atomic E-state index is 0.209. The molecule has 0 heterocycles.